The van der Waals surface area contributed by atoms with Gasteiger partial charge in [0.1, 0.15) is 5.78 Å². The number of carbonyl (C=O) groups excluding carboxylic acids is 2. The van der Waals surface area contributed by atoms with E-state index in [4.69, 9.17) is 5.11 Å². The molecule has 0 heterocycles. The second-order valence-corrected chi connectivity index (χ2v) is 18.4. The Morgan fingerprint density at radius 1 is 1.05 bits per heavy atom. The minimum absolute atomic E-state index is 0. The van der Waals surface area contributed by atoms with Crippen LogP contribution < -0.4 is 13.3 Å². The second-order valence-electron chi connectivity index (χ2n) is 2.20. The summed E-state index contributed by atoms with van der Waals surface area (Å²) in [5, 5.41) is 7.57. The maximum atomic E-state index is 9.82. The normalized spacial score (nSPS) is 5.89. The summed E-state index contributed by atoms with van der Waals surface area (Å²) in [6.07, 6.45) is 0. The summed E-state index contributed by atoms with van der Waals surface area (Å²) in [7, 11) is 0. The first-order valence-corrected chi connectivity index (χ1v) is 17.0. The van der Waals surface area contributed by atoms with Crippen molar-refractivity contribution in [2.45, 2.75) is 56.9 Å². The SMILES string of the molecule is C.C.C.CC(C)=O.CCO.CCOC(C)=O.I[I-]I. The Hall–Kier alpha value is 1.29. The monoisotopic (exact) mass is 621 g/mol. The summed E-state index contributed by atoms with van der Waals surface area (Å²) in [6.45, 7) is 8.64. The van der Waals surface area contributed by atoms with E-state index in [0.717, 1.165) is 0 Å². The van der Waals surface area contributed by atoms with Crippen LogP contribution in [0.2, 0.25) is 0 Å². The van der Waals surface area contributed by atoms with Gasteiger partial charge in [-0.2, -0.15) is 0 Å². The van der Waals surface area contributed by atoms with Gasteiger partial charge in [0, 0.05) is 13.5 Å². The second kappa shape index (κ2) is 50.6. The molecule has 7 heteroatoms. The molecule has 0 aromatic heterocycles. The summed E-state index contributed by atoms with van der Waals surface area (Å²) in [5.41, 5.74) is 0. The quantitative estimate of drug-likeness (QED) is 0.359. The molecule has 0 saturated heterocycles. The van der Waals surface area contributed by atoms with Crippen LogP contribution in [0.25, 0.3) is 0 Å². The van der Waals surface area contributed by atoms with Gasteiger partial charge >= 0.3 is 56.5 Å². The van der Waals surface area contributed by atoms with Crippen LogP contribution in [0, 0.1) is 0 Å². The van der Waals surface area contributed by atoms with E-state index in [1.807, 2.05) is 0 Å². The molecule has 0 spiro atoms. The van der Waals surface area contributed by atoms with Crippen LogP contribution in [-0.4, -0.2) is 30.1 Å². The topological polar surface area (TPSA) is 63.6 Å². The Balaban J connectivity index is -0.0000000200. The van der Waals surface area contributed by atoms with Crippen molar-refractivity contribution >= 4 is 49.0 Å². The first kappa shape index (κ1) is 42.7. The molecule has 0 radical (unpaired) electrons. The Kier molecular flexibility index (Phi) is 114. The fraction of sp³-hybridized carbons (Fsp3) is 0.833. The molecule has 0 aromatic carbocycles. The molecule has 0 bridgehead atoms. The summed E-state index contributed by atoms with van der Waals surface area (Å²) in [6, 6.07) is 0. The molecule has 0 fully saturated rings. The van der Waals surface area contributed by atoms with Crippen molar-refractivity contribution in [1.29, 1.82) is 0 Å². The number of hydrogen-bond acceptors (Lipinski definition) is 4. The van der Waals surface area contributed by atoms with E-state index in [-0.39, 0.29) is 40.6 Å². The summed E-state index contributed by atoms with van der Waals surface area (Å²) in [4.78, 5) is 19.3. The van der Waals surface area contributed by atoms with Gasteiger partial charge in [0.05, 0.1) is 6.61 Å². The number of ketones is 1. The molecule has 0 aliphatic carbocycles. The molecule has 0 aromatic rings. The van der Waals surface area contributed by atoms with E-state index in [1.165, 1.54) is 20.8 Å². The number of halogens is 3. The van der Waals surface area contributed by atoms with Crippen LogP contribution in [0.4, 0.5) is 0 Å². The number of rotatable bonds is 1. The van der Waals surface area contributed by atoms with Crippen molar-refractivity contribution in [3.63, 3.8) is 0 Å². The van der Waals surface area contributed by atoms with E-state index in [1.54, 1.807) is 13.8 Å². The Bertz CT molecular complexity index is 139. The number of carbonyl (C=O) groups is 2. The van der Waals surface area contributed by atoms with Crippen LogP contribution in [0.15, 0.2) is 0 Å². The fourth-order valence-corrected chi connectivity index (χ4v) is 0.203. The van der Waals surface area contributed by atoms with Crippen LogP contribution >= 0.6 is 37.2 Å². The zero-order chi connectivity index (χ0) is 14.0. The zero-order valence-corrected chi connectivity index (χ0v) is 16.7. The molecule has 0 amide bonds. The molecular weight excluding hydrogens is 589 g/mol. The molecule has 0 aliphatic heterocycles. The number of hydrogen-bond donors (Lipinski definition) is 1. The Morgan fingerprint density at radius 3 is 1.21 bits per heavy atom. The average molecular weight is 621 g/mol. The van der Waals surface area contributed by atoms with Crippen LogP contribution in [0.5, 0.6) is 0 Å². The predicted octanol–water partition coefficient (Wildman–Crippen LogP) is 1.85. The van der Waals surface area contributed by atoms with Crippen molar-refractivity contribution in [2.75, 3.05) is 13.2 Å². The summed E-state index contributed by atoms with van der Waals surface area (Å²) < 4.78 is 4.40. The van der Waals surface area contributed by atoms with E-state index in [0.29, 0.717) is 19.9 Å². The van der Waals surface area contributed by atoms with E-state index in [9.17, 15) is 9.59 Å². The predicted molar refractivity (Wildman–Crippen MR) is 99.7 cm³/mol. The van der Waals surface area contributed by atoms with Crippen molar-refractivity contribution in [2.24, 2.45) is 0 Å². The van der Waals surface area contributed by atoms with Gasteiger partial charge in [-0.1, -0.05) is 22.3 Å². The summed E-state index contributed by atoms with van der Waals surface area (Å²) in [5.74, 6) is -0.0440. The third-order valence-electron chi connectivity index (χ3n) is 0.348. The Morgan fingerprint density at radius 2 is 1.21 bits per heavy atom. The van der Waals surface area contributed by atoms with Crippen molar-refractivity contribution < 1.29 is 32.7 Å². The van der Waals surface area contributed by atoms with Gasteiger partial charge in [0.2, 0.25) is 0 Å². The molecule has 0 saturated carbocycles. The third-order valence-corrected chi connectivity index (χ3v) is 0.348. The molecule has 1 N–H and O–H groups in total. The average Bonchev–Trinajstić information content (AvgIpc) is 2.04. The van der Waals surface area contributed by atoms with Crippen LogP contribution in [0.3, 0.4) is 0 Å². The molecule has 4 nitrogen and oxygen atoms in total. The zero-order valence-electron chi connectivity index (χ0n) is 10.2. The molecule has 0 aliphatic rings. The number of ether oxygens (including phenoxy) is 1. The fourth-order valence-electron chi connectivity index (χ4n) is 0.203. The van der Waals surface area contributed by atoms with Gasteiger partial charge in [0.25, 0.3) is 0 Å². The van der Waals surface area contributed by atoms with Crippen LogP contribution in [0.1, 0.15) is 56.9 Å². The molecule has 0 rings (SSSR count). The molecule has 0 atom stereocenters. The number of esters is 1. The first-order valence-electron chi connectivity index (χ1n) is 4.42. The Labute approximate surface area is 150 Å². The first-order chi connectivity index (χ1) is 7.33. The number of aliphatic hydroxyl groups is 1. The van der Waals surface area contributed by atoms with Gasteiger partial charge in [-0.15, -0.1) is 0 Å². The third kappa shape index (κ3) is 313. The molecule has 19 heavy (non-hydrogen) atoms. The molecular formula is C12H32I3O4-. The van der Waals surface area contributed by atoms with E-state index in [2.05, 4.69) is 42.0 Å². The van der Waals surface area contributed by atoms with Gasteiger partial charge in [0.15, 0.2) is 0 Å². The molecule has 126 valence electrons. The van der Waals surface area contributed by atoms with Gasteiger partial charge in [-0.05, 0) is 27.7 Å². The van der Waals surface area contributed by atoms with Crippen molar-refractivity contribution in [3.05, 3.63) is 0 Å². The maximum absolute atomic E-state index is 9.82. The van der Waals surface area contributed by atoms with E-state index >= 15 is 0 Å². The summed E-state index contributed by atoms with van der Waals surface area (Å²) >= 11 is 5.30. The van der Waals surface area contributed by atoms with Crippen molar-refractivity contribution in [3.8, 4) is 0 Å². The minimum atomic E-state index is -0.211. The van der Waals surface area contributed by atoms with Gasteiger partial charge in [-0.25, -0.2) is 0 Å². The van der Waals surface area contributed by atoms with Crippen molar-refractivity contribution in [1.82, 2.24) is 0 Å². The number of Topliss-reactive ketones (excluding diaryl/α,β-unsaturated/α-hetero) is 1. The van der Waals surface area contributed by atoms with Crippen LogP contribution in [-0.2, 0) is 14.3 Å². The van der Waals surface area contributed by atoms with Gasteiger partial charge < -0.3 is 14.6 Å². The molecule has 0 unspecified atom stereocenters. The van der Waals surface area contributed by atoms with E-state index < -0.39 is 0 Å². The number of aliphatic hydroxyl groups excluding tert-OH is 1. The van der Waals surface area contributed by atoms with Gasteiger partial charge in [-0.3, -0.25) is 4.79 Å². The standard InChI is InChI=1S/C4H8O2.C3H6O.C2H6O.3CH4.I3/c1-3-6-4(2)5;1-3(2)4;1-2-3;;;;1-3-2/h3H2,1-2H3;1-2H3;3H,2H2,1H3;3*1H4;/q;;;;;;-1.